The van der Waals surface area contributed by atoms with Crippen molar-refractivity contribution in [1.82, 2.24) is 15.4 Å². The minimum atomic E-state index is -0.945. The number of methoxy groups -OCH3 is 1. The van der Waals surface area contributed by atoms with Crippen LogP contribution in [0.5, 0.6) is 0 Å². The summed E-state index contributed by atoms with van der Waals surface area (Å²) < 4.78 is 12.8. The molecule has 1 aliphatic rings. The second kappa shape index (κ2) is 13.8. The Morgan fingerprint density at radius 1 is 1.18 bits per heavy atom. The number of esters is 1. The van der Waals surface area contributed by atoms with Crippen LogP contribution in [0.2, 0.25) is 0 Å². The smallest absolute Gasteiger partial charge is 0.417 e. The Hall–Kier alpha value is -2.75. The Labute approximate surface area is 205 Å². The molecule has 1 fully saturated rings. The van der Waals surface area contributed by atoms with Crippen molar-refractivity contribution in [3.05, 3.63) is 35.9 Å². The monoisotopic (exact) mass is 493 g/mol. The highest BCUT2D eigenvalue weighted by Crippen LogP contribution is 2.20. The number of carbonyl (C=O) groups is 4. The van der Waals surface area contributed by atoms with Gasteiger partial charge >= 0.3 is 12.1 Å². The van der Waals surface area contributed by atoms with Gasteiger partial charge in [0.05, 0.1) is 7.11 Å². The molecule has 1 aromatic rings. The van der Waals surface area contributed by atoms with Crippen LogP contribution in [0.1, 0.15) is 45.6 Å². The average molecular weight is 494 g/mol. The van der Waals surface area contributed by atoms with E-state index in [9.17, 15) is 19.2 Å². The van der Waals surface area contributed by atoms with Gasteiger partial charge in [0.2, 0.25) is 11.8 Å². The molecule has 0 radical (unpaired) electrons. The van der Waals surface area contributed by atoms with E-state index in [1.54, 1.807) is 6.92 Å². The number of amides is 3. The Morgan fingerprint density at radius 3 is 2.47 bits per heavy atom. The largest absolute Gasteiger partial charge is 0.467 e. The number of hydrogen-bond acceptors (Lipinski definition) is 7. The first kappa shape index (κ1) is 27.5. The van der Waals surface area contributed by atoms with Gasteiger partial charge in [-0.25, -0.2) is 9.59 Å². The number of ether oxygens (including phenoxy) is 2. The number of nitrogens with one attached hydrogen (secondary N) is 3. The Kier molecular flexibility index (Phi) is 11.2. The van der Waals surface area contributed by atoms with E-state index < -0.39 is 29.3 Å². The van der Waals surface area contributed by atoms with Crippen LogP contribution in [-0.4, -0.2) is 54.9 Å². The molecule has 1 aromatic carbocycles. The van der Waals surface area contributed by atoms with Crippen LogP contribution in [0.15, 0.2) is 30.3 Å². The summed E-state index contributed by atoms with van der Waals surface area (Å²) in [6.45, 7) is 6.27. The quantitative estimate of drug-likeness (QED) is 0.302. The number of rotatable bonds is 12. The summed E-state index contributed by atoms with van der Waals surface area (Å²) in [5, 5.41) is 4.79. The lowest BCUT2D eigenvalue weighted by Gasteiger charge is -2.23. The molecule has 1 heterocycles. The average Bonchev–Trinajstić information content (AvgIpc) is 3.20. The maximum Gasteiger partial charge on any atom is 0.417 e. The van der Waals surface area contributed by atoms with Gasteiger partial charge in [0.15, 0.2) is 0 Å². The predicted octanol–water partition coefficient (Wildman–Crippen LogP) is 2.59. The predicted molar refractivity (Wildman–Crippen MR) is 130 cm³/mol. The first-order valence-electron chi connectivity index (χ1n) is 11.5. The summed E-state index contributed by atoms with van der Waals surface area (Å²) in [6.07, 6.45) is 0.818. The second-order valence-corrected chi connectivity index (χ2v) is 9.85. The molecule has 3 amide bonds. The summed E-state index contributed by atoms with van der Waals surface area (Å²) in [7, 11) is 1.24. The normalized spacial score (nSPS) is 17.9. The minimum Gasteiger partial charge on any atom is -0.467 e. The first-order chi connectivity index (χ1) is 16.2. The second-order valence-electron chi connectivity index (χ2n) is 8.84. The van der Waals surface area contributed by atoms with Crippen LogP contribution in [0.4, 0.5) is 4.79 Å². The van der Waals surface area contributed by atoms with Crippen LogP contribution in [0, 0.1) is 11.8 Å². The van der Waals surface area contributed by atoms with E-state index in [0.717, 1.165) is 17.5 Å². The molecule has 1 saturated heterocycles. The molecule has 10 heteroatoms. The lowest BCUT2D eigenvalue weighted by molar-refractivity contribution is -0.145. The molecule has 0 aromatic heterocycles. The molecule has 0 bridgehead atoms. The molecule has 0 saturated carbocycles. The van der Waals surface area contributed by atoms with Crippen LogP contribution in [-0.2, 0) is 30.3 Å². The molecule has 1 unspecified atom stereocenters. The van der Waals surface area contributed by atoms with Crippen molar-refractivity contribution in [2.24, 2.45) is 11.8 Å². The Balaban J connectivity index is 1.92. The minimum absolute atomic E-state index is 0.134. The van der Waals surface area contributed by atoms with Crippen molar-refractivity contribution >= 4 is 35.8 Å². The number of hydrogen-bond donors (Lipinski definition) is 3. The molecular formula is C24H35N3O6S. The zero-order valence-corrected chi connectivity index (χ0v) is 21.0. The van der Waals surface area contributed by atoms with Gasteiger partial charge < -0.3 is 20.1 Å². The van der Waals surface area contributed by atoms with Crippen molar-refractivity contribution < 1.29 is 28.7 Å². The standard InChI is InChI=1S/C24H35N3O6S/c1-15(2)12-20(34-27-24(31)33-16(3)13-17-8-6-5-7-9-17)22(29)26-19(23(30)32-4)14-18-10-11-25-21(18)28/h5-9,15-16,18-20H,10-14H2,1-4H3,(H,25,28)(H,26,29)(H,27,31)/t16?,18-,19-,20-/m0/s1. The summed E-state index contributed by atoms with van der Waals surface area (Å²) >= 11 is 0.951. The summed E-state index contributed by atoms with van der Waals surface area (Å²) in [5.41, 5.74) is 1.05. The lowest BCUT2D eigenvalue weighted by Crippen LogP contribution is -2.47. The molecule has 188 valence electrons. The molecule has 9 nitrogen and oxygen atoms in total. The maximum absolute atomic E-state index is 13.0. The summed E-state index contributed by atoms with van der Waals surface area (Å²) in [4.78, 5) is 49.5. The first-order valence-corrected chi connectivity index (χ1v) is 12.4. The molecule has 2 rings (SSSR count). The highest BCUT2D eigenvalue weighted by molar-refractivity contribution is 7.99. The molecule has 4 atom stereocenters. The van der Waals surface area contributed by atoms with Crippen LogP contribution in [0.25, 0.3) is 0 Å². The van der Waals surface area contributed by atoms with Gasteiger partial charge in [-0.1, -0.05) is 44.2 Å². The zero-order chi connectivity index (χ0) is 25.1. The summed E-state index contributed by atoms with van der Waals surface area (Å²) in [6, 6.07) is 8.75. The Bertz CT molecular complexity index is 835. The van der Waals surface area contributed by atoms with E-state index in [1.807, 2.05) is 44.2 Å². The van der Waals surface area contributed by atoms with E-state index in [0.29, 0.717) is 25.8 Å². The van der Waals surface area contributed by atoms with E-state index in [2.05, 4.69) is 15.4 Å². The molecule has 0 spiro atoms. The van der Waals surface area contributed by atoms with Crippen LogP contribution in [0.3, 0.4) is 0 Å². The fourth-order valence-electron chi connectivity index (χ4n) is 3.73. The van der Waals surface area contributed by atoms with Gasteiger partial charge in [-0.05, 0) is 49.6 Å². The van der Waals surface area contributed by atoms with E-state index in [4.69, 9.17) is 9.47 Å². The van der Waals surface area contributed by atoms with Crippen LogP contribution >= 0.6 is 11.9 Å². The zero-order valence-electron chi connectivity index (χ0n) is 20.2. The van der Waals surface area contributed by atoms with Gasteiger partial charge in [0, 0.05) is 18.9 Å². The fraction of sp³-hybridized carbons (Fsp3) is 0.583. The van der Waals surface area contributed by atoms with Crippen molar-refractivity contribution in [1.29, 1.82) is 0 Å². The lowest BCUT2D eigenvalue weighted by atomic mass is 9.98. The highest BCUT2D eigenvalue weighted by Gasteiger charge is 2.33. The Morgan fingerprint density at radius 2 is 1.88 bits per heavy atom. The van der Waals surface area contributed by atoms with Crippen molar-refractivity contribution in [2.75, 3.05) is 13.7 Å². The number of benzene rings is 1. The summed E-state index contributed by atoms with van der Waals surface area (Å²) in [5.74, 6) is -1.35. The van der Waals surface area contributed by atoms with Crippen molar-refractivity contribution in [2.45, 2.75) is 63.9 Å². The van der Waals surface area contributed by atoms with Gasteiger partial charge in [-0.3, -0.25) is 14.3 Å². The third kappa shape index (κ3) is 9.24. The van der Waals surface area contributed by atoms with Crippen molar-refractivity contribution in [3.63, 3.8) is 0 Å². The third-order valence-electron chi connectivity index (χ3n) is 5.42. The van der Waals surface area contributed by atoms with Gasteiger partial charge in [-0.2, -0.15) is 0 Å². The number of carbonyl (C=O) groups excluding carboxylic acids is 4. The molecule has 0 aliphatic carbocycles. The van der Waals surface area contributed by atoms with Gasteiger partial charge in [0.1, 0.15) is 17.4 Å². The maximum atomic E-state index is 13.0. The molecule has 34 heavy (non-hydrogen) atoms. The molecular weight excluding hydrogens is 458 g/mol. The highest BCUT2D eigenvalue weighted by atomic mass is 32.2. The SMILES string of the molecule is COC(=O)[C@H](C[C@@H]1CCNC1=O)NC(=O)[C@H](CC(C)C)SNC(=O)OC(C)Cc1ccccc1. The molecule has 1 aliphatic heterocycles. The van der Waals surface area contributed by atoms with Gasteiger partial charge in [-0.15, -0.1) is 0 Å². The third-order valence-corrected chi connectivity index (χ3v) is 6.40. The van der Waals surface area contributed by atoms with Crippen LogP contribution < -0.4 is 15.4 Å². The molecule has 3 N–H and O–H groups in total. The van der Waals surface area contributed by atoms with E-state index in [-0.39, 0.29) is 30.3 Å². The topological polar surface area (TPSA) is 123 Å². The fourth-order valence-corrected chi connectivity index (χ4v) is 4.67. The van der Waals surface area contributed by atoms with E-state index in [1.165, 1.54) is 7.11 Å². The van der Waals surface area contributed by atoms with Gasteiger partial charge in [0.25, 0.3) is 0 Å². The van der Waals surface area contributed by atoms with Crippen molar-refractivity contribution in [3.8, 4) is 0 Å². The van der Waals surface area contributed by atoms with E-state index >= 15 is 0 Å².